The van der Waals surface area contributed by atoms with Gasteiger partial charge in [0.2, 0.25) is 0 Å². The molecule has 0 spiro atoms. The second-order valence-electron chi connectivity index (χ2n) is 8.04. The van der Waals surface area contributed by atoms with Crippen LogP contribution in [0.5, 0.6) is 0 Å². The van der Waals surface area contributed by atoms with Crippen LogP contribution >= 0.6 is 11.6 Å². The van der Waals surface area contributed by atoms with E-state index in [1.807, 2.05) is 13.1 Å². The molecule has 2 aliphatic rings. The highest BCUT2D eigenvalue weighted by molar-refractivity contribution is 6.33. The lowest BCUT2D eigenvalue weighted by atomic mass is 10.1. The van der Waals surface area contributed by atoms with Crippen molar-refractivity contribution in [3.8, 4) is 11.3 Å². The molecule has 1 atom stereocenters. The number of benzene rings is 1. The quantitative estimate of drug-likeness (QED) is 0.620. The summed E-state index contributed by atoms with van der Waals surface area (Å²) in [5, 5.41) is 0.624. The van der Waals surface area contributed by atoms with Gasteiger partial charge in [0.25, 0.3) is 0 Å². The lowest BCUT2D eigenvalue weighted by Crippen LogP contribution is -2.49. The molecule has 5 rings (SSSR count). The number of aryl methyl sites for hydroxylation is 2. The molecule has 0 bridgehead atoms. The average Bonchev–Trinajstić information content (AvgIpc) is 3.19. The Bertz CT molecular complexity index is 1110. The number of amidine groups is 1. The van der Waals surface area contributed by atoms with Crippen molar-refractivity contribution < 1.29 is 0 Å². The van der Waals surface area contributed by atoms with E-state index in [1.165, 1.54) is 5.56 Å². The van der Waals surface area contributed by atoms with Gasteiger partial charge in [-0.3, -0.25) is 9.98 Å². The number of rotatable bonds is 3. The number of aliphatic imine (C=N–C) groups is 1. The normalized spacial score (nSPS) is 18.4. The standard InChI is InChI=1S/C24H24ClN5/c1-16-10-17(2)24(27-12-16)19-11-22(26-13-20(19)25)30-9-8-29-14-21(28-23(29)15-30)18-6-4-3-5-7-18/h3-7,10-13,21H,8-9,14-15H2,1-2H3. The molecule has 152 valence electrons. The minimum absolute atomic E-state index is 0.217. The molecule has 6 heteroatoms. The number of nitrogens with zero attached hydrogens (tertiary/aromatic N) is 5. The van der Waals surface area contributed by atoms with Gasteiger partial charge in [-0.1, -0.05) is 48.0 Å². The highest BCUT2D eigenvalue weighted by Crippen LogP contribution is 2.33. The minimum Gasteiger partial charge on any atom is -0.355 e. The maximum absolute atomic E-state index is 6.50. The number of halogens is 1. The molecule has 1 unspecified atom stereocenters. The van der Waals surface area contributed by atoms with Crippen molar-refractivity contribution in [2.24, 2.45) is 4.99 Å². The van der Waals surface area contributed by atoms with Crippen molar-refractivity contribution in [3.05, 3.63) is 76.6 Å². The molecule has 0 N–H and O–H groups in total. The molecule has 3 aromatic rings. The number of aromatic nitrogens is 2. The van der Waals surface area contributed by atoms with Crippen LogP contribution < -0.4 is 4.90 Å². The Hall–Kier alpha value is -2.92. The van der Waals surface area contributed by atoms with Crippen molar-refractivity contribution >= 4 is 23.3 Å². The fourth-order valence-corrected chi connectivity index (χ4v) is 4.49. The molecule has 1 fully saturated rings. The fraction of sp³-hybridized carbons (Fsp3) is 0.292. The molecule has 4 heterocycles. The summed E-state index contributed by atoms with van der Waals surface area (Å²) in [5.41, 5.74) is 5.38. The minimum atomic E-state index is 0.217. The van der Waals surface area contributed by atoms with E-state index >= 15 is 0 Å². The topological polar surface area (TPSA) is 44.6 Å². The van der Waals surface area contributed by atoms with Gasteiger partial charge < -0.3 is 9.80 Å². The number of anilines is 1. The predicted octanol–water partition coefficient (Wildman–Crippen LogP) is 4.69. The Morgan fingerprint density at radius 3 is 2.57 bits per heavy atom. The number of fused-ring (bicyclic) bond motifs is 1. The number of piperazine rings is 1. The van der Waals surface area contributed by atoms with E-state index in [-0.39, 0.29) is 6.04 Å². The molecule has 5 nitrogen and oxygen atoms in total. The largest absolute Gasteiger partial charge is 0.355 e. The van der Waals surface area contributed by atoms with E-state index < -0.39 is 0 Å². The number of hydrogen-bond acceptors (Lipinski definition) is 5. The molecular formula is C24H24ClN5. The second-order valence-corrected chi connectivity index (χ2v) is 8.45. The smallest absolute Gasteiger partial charge is 0.129 e. The van der Waals surface area contributed by atoms with Gasteiger partial charge in [-0.15, -0.1) is 0 Å². The van der Waals surface area contributed by atoms with Crippen molar-refractivity contribution in [1.82, 2.24) is 14.9 Å². The highest BCUT2D eigenvalue weighted by Gasteiger charge is 2.31. The molecule has 2 aliphatic heterocycles. The molecule has 1 aromatic carbocycles. The Labute approximate surface area is 182 Å². The first-order valence-corrected chi connectivity index (χ1v) is 10.7. The van der Waals surface area contributed by atoms with E-state index in [9.17, 15) is 0 Å². The molecule has 0 radical (unpaired) electrons. The van der Waals surface area contributed by atoms with Crippen LogP contribution in [0.4, 0.5) is 5.82 Å². The van der Waals surface area contributed by atoms with Crippen LogP contribution in [0.15, 0.2) is 59.9 Å². The number of pyridine rings is 2. The molecular weight excluding hydrogens is 394 g/mol. The van der Waals surface area contributed by atoms with E-state index in [2.05, 4.69) is 69.2 Å². The van der Waals surface area contributed by atoms with Crippen LogP contribution in [0.1, 0.15) is 22.7 Å². The van der Waals surface area contributed by atoms with Crippen LogP contribution in [0, 0.1) is 13.8 Å². The van der Waals surface area contributed by atoms with Gasteiger partial charge in [0.05, 0.1) is 23.3 Å². The van der Waals surface area contributed by atoms with Gasteiger partial charge in [-0.2, -0.15) is 0 Å². The summed E-state index contributed by atoms with van der Waals surface area (Å²) in [6.07, 6.45) is 3.62. The summed E-state index contributed by atoms with van der Waals surface area (Å²) in [6, 6.07) is 15.0. The first kappa shape index (κ1) is 19.1. The second kappa shape index (κ2) is 7.73. The van der Waals surface area contributed by atoms with Gasteiger partial charge in [0, 0.05) is 37.6 Å². The Morgan fingerprint density at radius 1 is 0.967 bits per heavy atom. The third kappa shape index (κ3) is 3.54. The predicted molar refractivity (Wildman–Crippen MR) is 122 cm³/mol. The van der Waals surface area contributed by atoms with E-state index in [4.69, 9.17) is 16.6 Å². The average molecular weight is 418 g/mol. The van der Waals surface area contributed by atoms with Crippen LogP contribution in [0.25, 0.3) is 11.3 Å². The van der Waals surface area contributed by atoms with Crippen molar-refractivity contribution in [2.75, 3.05) is 31.1 Å². The fourth-order valence-electron chi connectivity index (χ4n) is 4.30. The van der Waals surface area contributed by atoms with E-state index in [1.54, 1.807) is 6.20 Å². The Kier molecular flexibility index (Phi) is 4.91. The summed E-state index contributed by atoms with van der Waals surface area (Å²) in [5.74, 6) is 2.06. The molecule has 0 saturated carbocycles. The van der Waals surface area contributed by atoms with Gasteiger partial charge in [0.1, 0.15) is 11.7 Å². The van der Waals surface area contributed by atoms with Crippen molar-refractivity contribution in [2.45, 2.75) is 19.9 Å². The van der Waals surface area contributed by atoms with Crippen LogP contribution in [-0.4, -0.2) is 46.9 Å². The van der Waals surface area contributed by atoms with E-state index in [0.717, 1.165) is 60.2 Å². The van der Waals surface area contributed by atoms with Crippen molar-refractivity contribution in [1.29, 1.82) is 0 Å². The van der Waals surface area contributed by atoms with Crippen LogP contribution in [0.2, 0.25) is 5.02 Å². The molecule has 0 aliphatic carbocycles. The van der Waals surface area contributed by atoms with Gasteiger partial charge in [0.15, 0.2) is 0 Å². The summed E-state index contributed by atoms with van der Waals surface area (Å²) >= 11 is 6.50. The summed E-state index contributed by atoms with van der Waals surface area (Å²) in [6.45, 7) is 7.70. The zero-order valence-electron chi connectivity index (χ0n) is 17.2. The van der Waals surface area contributed by atoms with Crippen molar-refractivity contribution in [3.63, 3.8) is 0 Å². The SMILES string of the molecule is Cc1cnc(-c2cc(N3CCN4CC(c5ccccc5)N=C4C3)ncc2Cl)c(C)c1. The highest BCUT2D eigenvalue weighted by atomic mass is 35.5. The van der Waals surface area contributed by atoms with Gasteiger partial charge in [-0.05, 0) is 36.6 Å². The maximum atomic E-state index is 6.50. The Balaban J connectivity index is 1.42. The first-order chi connectivity index (χ1) is 14.6. The molecule has 30 heavy (non-hydrogen) atoms. The third-order valence-electron chi connectivity index (χ3n) is 5.85. The lowest BCUT2D eigenvalue weighted by Gasteiger charge is -2.35. The zero-order valence-corrected chi connectivity index (χ0v) is 18.0. The van der Waals surface area contributed by atoms with E-state index in [0.29, 0.717) is 5.02 Å². The summed E-state index contributed by atoms with van der Waals surface area (Å²) < 4.78 is 0. The summed E-state index contributed by atoms with van der Waals surface area (Å²) in [7, 11) is 0. The van der Waals surface area contributed by atoms with Crippen LogP contribution in [-0.2, 0) is 0 Å². The van der Waals surface area contributed by atoms with Crippen LogP contribution in [0.3, 0.4) is 0 Å². The summed E-state index contributed by atoms with van der Waals surface area (Å²) in [4.78, 5) is 18.9. The Morgan fingerprint density at radius 2 is 1.77 bits per heavy atom. The zero-order chi connectivity index (χ0) is 20.7. The monoisotopic (exact) mass is 417 g/mol. The molecule has 2 aromatic heterocycles. The van der Waals surface area contributed by atoms with Gasteiger partial charge in [-0.25, -0.2) is 4.98 Å². The van der Waals surface area contributed by atoms with Gasteiger partial charge >= 0.3 is 0 Å². The third-order valence-corrected chi connectivity index (χ3v) is 6.16. The first-order valence-electron chi connectivity index (χ1n) is 10.3. The number of hydrogen-bond donors (Lipinski definition) is 0. The molecule has 1 saturated heterocycles. The molecule has 0 amide bonds. The lowest BCUT2D eigenvalue weighted by molar-refractivity contribution is 0.409. The maximum Gasteiger partial charge on any atom is 0.129 e.